The lowest BCUT2D eigenvalue weighted by molar-refractivity contribution is -0.137. The normalized spacial score (nSPS) is 20.3. The number of hydrogen-bond acceptors (Lipinski definition) is 5. The Hall–Kier alpha value is -1.00. The predicted molar refractivity (Wildman–Crippen MR) is 110 cm³/mol. The summed E-state index contributed by atoms with van der Waals surface area (Å²) < 4.78 is 33.6. The maximum atomic E-state index is 12.8. The van der Waals surface area contributed by atoms with Gasteiger partial charge in [-0.25, -0.2) is 8.42 Å². The Bertz CT molecular complexity index is 733. The highest BCUT2D eigenvalue weighted by Crippen LogP contribution is 2.28. The number of carbonyl (C=O) groups is 1. The minimum Gasteiger partial charge on any atom is -0.396 e. The molecule has 1 fully saturated rings. The molecule has 0 aromatic heterocycles. The summed E-state index contributed by atoms with van der Waals surface area (Å²) in [5.41, 5.74) is 0. The number of carbonyl (C=O) groups excluding carboxylic acids is 1. The topological polar surface area (TPSA) is 87.2 Å². The molecule has 1 aliphatic rings. The Morgan fingerprint density at radius 2 is 1.79 bits per heavy atom. The maximum Gasteiger partial charge on any atom is 0.248 e. The minimum absolute atomic E-state index is 0.0181. The van der Waals surface area contributed by atoms with E-state index >= 15 is 0 Å². The van der Waals surface area contributed by atoms with E-state index in [0.717, 1.165) is 17.3 Å². The molecule has 1 N–H and O–H groups in total. The fourth-order valence-corrected chi connectivity index (χ4v) is 4.96. The van der Waals surface area contributed by atoms with Gasteiger partial charge in [-0.3, -0.25) is 4.79 Å². The van der Waals surface area contributed by atoms with E-state index in [1.807, 2.05) is 0 Å². The Morgan fingerprint density at radius 3 is 2.36 bits per heavy atom. The van der Waals surface area contributed by atoms with E-state index in [2.05, 4.69) is 15.9 Å². The van der Waals surface area contributed by atoms with E-state index in [9.17, 15) is 13.2 Å². The van der Waals surface area contributed by atoms with E-state index in [-0.39, 0.29) is 36.2 Å². The molecule has 0 bridgehead atoms. The number of nitrogens with zero attached hydrogens (tertiary/aromatic N) is 2. The van der Waals surface area contributed by atoms with Gasteiger partial charge in [-0.1, -0.05) is 15.9 Å². The lowest BCUT2D eigenvalue weighted by Gasteiger charge is -2.34. The number of aliphatic hydroxyl groups excluding tert-OH is 1. The molecule has 158 valence electrons. The van der Waals surface area contributed by atoms with Crippen molar-refractivity contribution in [2.75, 3.05) is 33.9 Å². The first-order chi connectivity index (χ1) is 13.3. The van der Waals surface area contributed by atoms with Crippen molar-refractivity contribution >= 4 is 31.9 Å². The van der Waals surface area contributed by atoms with Gasteiger partial charge in [0.25, 0.3) is 0 Å². The third-order valence-corrected chi connectivity index (χ3v) is 7.62. The number of rotatable bonds is 9. The summed E-state index contributed by atoms with van der Waals surface area (Å²) in [4.78, 5) is 13.8. The van der Waals surface area contributed by atoms with Gasteiger partial charge in [0, 0.05) is 37.8 Å². The van der Waals surface area contributed by atoms with E-state index in [1.165, 1.54) is 4.31 Å². The highest BCUT2D eigenvalue weighted by molar-refractivity contribution is 9.10. The number of benzene rings is 1. The predicted octanol–water partition coefficient (Wildman–Crippen LogP) is 2.24. The van der Waals surface area contributed by atoms with Crippen LogP contribution in [0.15, 0.2) is 33.6 Å². The molecule has 28 heavy (non-hydrogen) atoms. The largest absolute Gasteiger partial charge is 0.396 e. The van der Waals surface area contributed by atoms with Crippen LogP contribution in [0.2, 0.25) is 0 Å². The van der Waals surface area contributed by atoms with Crippen molar-refractivity contribution in [2.45, 2.75) is 49.1 Å². The van der Waals surface area contributed by atoms with Crippen molar-refractivity contribution in [3.8, 4) is 0 Å². The summed E-state index contributed by atoms with van der Waals surface area (Å²) in [6.07, 6.45) is 3.36. The van der Waals surface area contributed by atoms with Crippen LogP contribution in [0.4, 0.5) is 0 Å². The first-order valence-electron chi connectivity index (χ1n) is 9.45. The number of amides is 1. The van der Waals surface area contributed by atoms with E-state index in [1.54, 1.807) is 43.3 Å². The van der Waals surface area contributed by atoms with Crippen LogP contribution >= 0.6 is 15.9 Å². The zero-order chi connectivity index (χ0) is 20.7. The average Bonchev–Trinajstić information content (AvgIpc) is 2.70. The van der Waals surface area contributed by atoms with Crippen molar-refractivity contribution in [3.63, 3.8) is 0 Å². The second kappa shape index (κ2) is 10.7. The molecule has 0 spiro atoms. The standard InChI is InChI=1S/C19H29BrN2O5S/c1-21(12-3-13-23)19(24)14-27-17-8-6-16(7-9-17)22(2)28(25,26)18-10-4-15(20)5-11-18/h4-5,10-11,16-17,23H,3,6-9,12-14H2,1-2H3. The fourth-order valence-electron chi connectivity index (χ4n) is 3.28. The van der Waals surface area contributed by atoms with Gasteiger partial charge in [-0.05, 0) is 56.4 Å². The Balaban J connectivity index is 1.82. The lowest BCUT2D eigenvalue weighted by Crippen LogP contribution is -2.41. The number of halogens is 1. The van der Waals surface area contributed by atoms with Crippen molar-refractivity contribution in [2.24, 2.45) is 0 Å². The van der Waals surface area contributed by atoms with Crippen LogP contribution in [0.5, 0.6) is 0 Å². The third-order valence-electron chi connectivity index (χ3n) is 5.17. The number of likely N-dealkylation sites (N-methyl/N-ethyl adjacent to an activating group) is 1. The minimum atomic E-state index is -3.53. The Kier molecular flexibility index (Phi) is 8.88. The number of ether oxygens (including phenoxy) is 1. The molecule has 0 saturated heterocycles. The summed E-state index contributed by atoms with van der Waals surface area (Å²) in [5.74, 6) is -0.106. The molecule has 1 saturated carbocycles. The summed E-state index contributed by atoms with van der Waals surface area (Å²) in [7, 11) is -0.206. The van der Waals surface area contributed by atoms with Crippen LogP contribution in [-0.2, 0) is 19.6 Å². The molecular weight excluding hydrogens is 448 g/mol. The van der Waals surface area contributed by atoms with Crippen LogP contribution < -0.4 is 0 Å². The maximum absolute atomic E-state index is 12.8. The summed E-state index contributed by atoms with van der Waals surface area (Å²) in [6, 6.07) is 6.57. The van der Waals surface area contributed by atoms with E-state index in [0.29, 0.717) is 25.8 Å². The van der Waals surface area contributed by atoms with Crippen molar-refractivity contribution in [1.29, 1.82) is 0 Å². The van der Waals surface area contributed by atoms with E-state index < -0.39 is 10.0 Å². The van der Waals surface area contributed by atoms with Gasteiger partial charge in [0.05, 0.1) is 11.0 Å². The zero-order valence-corrected chi connectivity index (χ0v) is 18.8. The molecule has 0 unspecified atom stereocenters. The van der Waals surface area contributed by atoms with Gasteiger partial charge in [0.15, 0.2) is 0 Å². The molecule has 0 heterocycles. The van der Waals surface area contributed by atoms with Gasteiger partial charge < -0.3 is 14.7 Å². The van der Waals surface area contributed by atoms with Crippen LogP contribution in [0.3, 0.4) is 0 Å². The molecule has 1 aromatic carbocycles. The molecule has 2 rings (SSSR count). The molecule has 0 radical (unpaired) electrons. The van der Waals surface area contributed by atoms with Gasteiger partial charge >= 0.3 is 0 Å². The van der Waals surface area contributed by atoms with Crippen molar-refractivity contribution in [1.82, 2.24) is 9.21 Å². The number of hydrogen-bond donors (Lipinski definition) is 1. The third kappa shape index (κ3) is 6.25. The van der Waals surface area contributed by atoms with Crippen LogP contribution in [0.25, 0.3) is 0 Å². The summed E-state index contributed by atoms with van der Waals surface area (Å²) in [6.45, 7) is 0.577. The highest BCUT2D eigenvalue weighted by Gasteiger charge is 2.32. The molecule has 0 aliphatic heterocycles. The van der Waals surface area contributed by atoms with Crippen molar-refractivity contribution in [3.05, 3.63) is 28.7 Å². The Morgan fingerprint density at radius 1 is 1.18 bits per heavy atom. The molecule has 9 heteroatoms. The van der Waals surface area contributed by atoms with Gasteiger partial charge in [0.1, 0.15) is 6.61 Å². The average molecular weight is 477 g/mol. The molecule has 1 amide bonds. The van der Waals surface area contributed by atoms with Crippen LogP contribution in [0, 0.1) is 0 Å². The molecule has 1 aromatic rings. The lowest BCUT2D eigenvalue weighted by atomic mass is 9.93. The summed E-state index contributed by atoms with van der Waals surface area (Å²) in [5, 5.41) is 8.82. The van der Waals surface area contributed by atoms with Crippen molar-refractivity contribution < 1.29 is 23.1 Å². The zero-order valence-electron chi connectivity index (χ0n) is 16.4. The molecule has 1 aliphatic carbocycles. The molecular formula is C19H29BrN2O5S. The smallest absolute Gasteiger partial charge is 0.248 e. The second-order valence-corrected chi connectivity index (χ2v) is 10.0. The van der Waals surface area contributed by atoms with Gasteiger partial charge in [-0.2, -0.15) is 4.31 Å². The van der Waals surface area contributed by atoms with Crippen LogP contribution in [0.1, 0.15) is 32.1 Å². The second-order valence-electron chi connectivity index (χ2n) is 7.11. The molecule has 0 atom stereocenters. The number of sulfonamides is 1. The molecule has 7 nitrogen and oxygen atoms in total. The van der Waals surface area contributed by atoms with E-state index in [4.69, 9.17) is 9.84 Å². The van der Waals surface area contributed by atoms with Crippen LogP contribution in [-0.4, -0.2) is 74.6 Å². The number of aliphatic hydroxyl groups is 1. The summed E-state index contributed by atoms with van der Waals surface area (Å²) >= 11 is 3.32. The van der Waals surface area contributed by atoms with Gasteiger partial charge in [-0.15, -0.1) is 0 Å². The fraction of sp³-hybridized carbons (Fsp3) is 0.632. The monoisotopic (exact) mass is 476 g/mol. The first-order valence-corrected chi connectivity index (χ1v) is 11.7. The first kappa shape index (κ1) is 23.3. The quantitative estimate of drug-likeness (QED) is 0.590. The van der Waals surface area contributed by atoms with Gasteiger partial charge in [0.2, 0.25) is 15.9 Å². The SMILES string of the molecule is CN(CCCO)C(=O)COC1CCC(N(C)S(=O)(=O)c2ccc(Br)cc2)CC1. The Labute approximate surface area is 175 Å². The highest BCUT2D eigenvalue weighted by atomic mass is 79.9.